The molecule has 1 aromatic rings. The summed E-state index contributed by atoms with van der Waals surface area (Å²) < 4.78 is 22.6. The topological polar surface area (TPSA) is 89.0 Å². The monoisotopic (exact) mass is 280 g/mol. The normalized spacial score (nSPS) is 41.1. The summed E-state index contributed by atoms with van der Waals surface area (Å²) >= 11 is 0. The molecule has 2 aliphatic heterocycles. The molecule has 20 heavy (non-hydrogen) atoms. The molecule has 2 heterocycles. The maximum absolute atomic E-state index is 6.17. The van der Waals surface area contributed by atoms with E-state index in [-0.39, 0.29) is 18.2 Å². The Morgan fingerprint density at radius 1 is 1.10 bits per heavy atom. The second-order valence-corrected chi connectivity index (χ2v) is 5.11. The van der Waals surface area contributed by atoms with Gasteiger partial charge < -0.3 is 30.4 Å². The lowest BCUT2D eigenvalue weighted by Gasteiger charge is -2.47. The second-order valence-electron chi connectivity index (χ2n) is 5.11. The Morgan fingerprint density at radius 2 is 1.85 bits per heavy atom. The number of methoxy groups -OCH3 is 1. The van der Waals surface area contributed by atoms with Crippen LogP contribution >= 0.6 is 0 Å². The predicted molar refractivity (Wildman–Crippen MR) is 71.6 cm³/mol. The van der Waals surface area contributed by atoms with Gasteiger partial charge in [0.2, 0.25) is 0 Å². The first-order valence-electron chi connectivity index (χ1n) is 6.72. The molecule has 2 saturated heterocycles. The fourth-order valence-electron chi connectivity index (χ4n) is 2.66. The van der Waals surface area contributed by atoms with Crippen molar-refractivity contribution in [2.45, 2.75) is 36.9 Å². The molecule has 2 aliphatic rings. The van der Waals surface area contributed by atoms with Crippen LogP contribution in [0, 0.1) is 0 Å². The standard InChI is InChI=1S/C14H20N2O4/c1-17-14-11(16)10(15)12-9(19-14)7-18-13(20-12)8-5-3-2-4-6-8/h2-6,9-14H,7,15-16H2,1H3/t9?,10?,11?,12-,13?,14?/m1/s1. The van der Waals surface area contributed by atoms with Gasteiger partial charge in [0.05, 0.1) is 18.7 Å². The van der Waals surface area contributed by atoms with Crippen molar-refractivity contribution in [3.8, 4) is 0 Å². The van der Waals surface area contributed by atoms with Crippen molar-refractivity contribution in [1.29, 1.82) is 0 Å². The van der Waals surface area contributed by atoms with Crippen LogP contribution in [0.5, 0.6) is 0 Å². The lowest BCUT2D eigenvalue weighted by molar-refractivity contribution is -0.321. The molecule has 5 unspecified atom stereocenters. The van der Waals surface area contributed by atoms with Gasteiger partial charge in [0.15, 0.2) is 12.6 Å². The van der Waals surface area contributed by atoms with E-state index < -0.39 is 18.6 Å². The largest absolute Gasteiger partial charge is 0.354 e. The van der Waals surface area contributed by atoms with Gasteiger partial charge in [0, 0.05) is 12.7 Å². The minimum absolute atomic E-state index is 0.255. The van der Waals surface area contributed by atoms with E-state index in [4.69, 9.17) is 30.4 Å². The molecule has 4 N–H and O–H groups in total. The highest BCUT2D eigenvalue weighted by molar-refractivity contribution is 5.16. The number of hydrogen-bond donors (Lipinski definition) is 2. The summed E-state index contributed by atoms with van der Waals surface area (Å²) in [5, 5.41) is 0. The number of nitrogens with two attached hydrogens (primary N) is 2. The van der Waals surface area contributed by atoms with Crippen LogP contribution < -0.4 is 11.5 Å². The van der Waals surface area contributed by atoms with Gasteiger partial charge in [-0.15, -0.1) is 0 Å². The molecule has 3 rings (SSSR count). The average Bonchev–Trinajstić information content (AvgIpc) is 2.51. The van der Waals surface area contributed by atoms with Crippen molar-refractivity contribution < 1.29 is 18.9 Å². The molecule has 1 aromatic carbocycles. The molecule has 0 bridgehead atoms. The number of rotatable bonds is 2. The van der Waals surface area contributed by atoms with Gasteiger partial charge in [-0.25, -0.2) is 0 Å². The number of benzene rings is 1. The first-order valence-corrected chi connectivity index (χ1v) is 6.72. The Morgan fingerprint density at radius 3 is 2.55 bits per heavy atom. The highest BCUT2D eigenvalue weighted by atomic mass is 16.7. The molecule has 2 fully saturated rings. The summed E-state index contributed by atoms with van der Waals surface area (Å²) in [5.74, 6) is 0. The Kier molecular flexibility index (Phi) is 4.02. The van der Waals surface area contributed by atoms with Crippen molar-refractivity contribution in [1.82, 2.24) is 0 Å². The molecule has 110 valence electrons. The first kappa shape index (κ1) is 13.9. The molecular weight excluding hydrogens is 260 g/mol. The lowest BCUT2D eigenvalue weighted by Crippen LogP contribution is -2.67. The fraction of sp³-hybridized carbons (Fsp3) is 0.571. The van der Waals surface area contributed by atoms with Gasteiger partial charge in [-0.3, -0.25) is 0 Å². The van der Waals surface area contributed by atoms with E-state index in [1.165, 1.54) is 0 Å². The third-order valence-electron chi connectivity index (χ3n) is 3.81. The fourth-order valence-corrected chi connectivity index (χ4v) is 2.66. The van der Waals surface area contributed by atoms with Crippen LogP contribution in [0.25, 0.3) is 0 Å². The Bertz CT molecular complexity index is 442. The minimum Gasteiger partial charge on any atom is -0.354 e. The van der Waals surface area contributed by atoms with Crippen LogP contribution in [0.3, 0.4) is 0 Å². The summed E-state index contributed by atoms with van der Waals surface area (Å²) in [6.07, 6.45) is -1.50. The van der Waals surface area contributed by atoms with E-state index in [2.05, 4.69) is 0 Å². The zero-order chi connectivity index (χ0) is 14.1. The van der Waals surface area contributed by atoms with E-state index in [0.717, 1.165) is 5.56 Å². The summed E-state index contributed by atoms with van der Waals surface area (Å²) in [6, 6.07) is 8.97. The predicted octanol–water partition coefficient (Wildman–Crippen LogP) is 0.127. The van der Waals surface area contributed by atoms with Crippen LogP contribution in [0.2, 0.25) is 0 Å². The maximum atomic E-state index is 6.17. The molecule has 0 spiro atoms. The molecular formula is C14H20N2O4. The van der Waals surface area contributed by atoms with Gasteiger partial charge in [-0.05, 0) is 0 Å². The van der Waals surface area contributed by atoms with E-state index >= 15 is 0 Å². The van der Waals surface area contributed by atoms with Gasteiger partial charge >= 0.3 is 0 Å². The van der Waals surface area contributed by atoms with E-state index in [1.807, 2.05) is 30.3 Å². The molecule has 6 atom stereocenters. The number of hydrogen-bond acceptors (Lipinski definition) is 6. The summed E-state index contributed by atoms with van der Waals surface area (Å²) in [5.41, 5.74) is 13.2. The Balaban J connectivity index is 1.74. The van der Waals surface area contributed by atoms with Crippen LogP contribution in [-0.4, -0.2) is 44.3 Å². The summed E-state index contributed by atoms with van der Waals surface area (Å²) in [7, 11) is 1.55. The number of ether oxygens (including phenoxy) is 4. The summed E-state index contributed by atoms with van der Waals surface area (Å²) in [6.45, 7) is 0.407. The van der Waals surface area contributed by atoms with Gasteiger partial charge in [-0.1, -0.05) is 30.3 Å². The average molecular weight is 280 g/mol. The molecule has 0 aliphatic carbocycles. The molecule has 0 radical (unpaired) electrons. The van der Waals surface area contributed by atoms with E-state index in [0.29, 0.717) is 6.61 Å². The summed E-state index contributed by atoms with van der Waals surface area (Å²) in [4.78, 5) is 0. The minimum atomic E-state index is -0.522. The quantitative estimate of drug-likeness (QED) is 0.800. The SMILES string of the molecule is COC1OC2COC(c3ccccc3)O[C@H]2C(N)C1N. The smallest absolute Gasteiger partial charge is 0.184 e. The third-order valence-corrected chi connectivity index (χ3v) is 3.81. The zero-order valence-electron chi connectivity index (χ0n) is 11.3. The van der Waals surface area contributed by atoms with Gasteiger partial charge in [0.25, 0.3) is 0 Å². The van der Waals surface area contributed by atoms with Crippen molar-refractivity contribution in [3.05, 3.63) is 35.9 Å². The first-order chi connectivity index (χ1) is 9.70. The maximum Gasteiger partial charge on any atom is 0.184 e. The molecule has 0 aromatic heterocycles. The van der Waals surface area contributed by atoms with Gasteiger partial charge in [-0.2, -0.15) is 0 Å². The van der Waals surface area contributed by atoms with Crippen LogP contribution in [0.1, 0.15) is 11.9 Å². The molecule has 0 amide bonds. The van der Waals surface area contributed by atoms with E-state index in [1.54, 1.807) is 7.11 Å². The molecule has 0 saturated carbocycles. The van der Waals surface area contributed by atoms with Crippen molar-refractivity contribution in [2.75, 3.05) is 13.7 Å². The Hall–Kier alpha value is -1.02. The van der Waals surface area contributed by atoms with E-state index in [9.17, 15) is 0 Å². The lowest BCUT2D eigenvalue weighted by atomic mass is 9.94. The van der Waals surface area contributed by atoms with Crippen LogP contribution in [0.4, 0.5) is 0 Å². The van der Waals surface area contributed by atoms with Crippen LogP contribution in [-0.2, 0) is 18.9 Å². The zero-order valence-corrected chi connectivity index (χ0v) is 11.3. The van der Waals surface area contributed by atoms with Crippen molar-refractivity contribution >= 4 is 0 Å². The number of fused-ring (bicyclic) bond motifs is 1. The second kappa shape index (κ2) is 5.77. The molecule has 6 nitrogen and oxygen atoms in total. The highest BCUT2D eigenvalue weighted by Crippen LogP contribution is 2.32. The third kappa shape index (κ3) is 2.46. The van der Waals surface area contributed by atoms with Crippen LogP contribution in [0.15, 0.2) is 30.3 Å². The van der Waals surface area contributed by atoms with Gasteiger partial charge in [0.1, 0.15) is 12.2 Å². The van der Waals surface area contributed by atoms with Crippen molar-refractivity contribution in [2.24, 2.45) is 11.5 Å². The highest BCUT2D eigenvalue weighted by Gasteiger charge is 2.47. The molecule has 6 heteroatoms. The van der Waals surface area contributed by atoms with Crippen molar-refractivity contribution in [3.63, 3.8) is 0 Å². The Labute approximate surface area is 117 Å².